The predicted octanol–water partition coefficient (Wildman–Crippen LogP) is -2.87. The lowest BCUT2D eigenvalue weighted by molar-refractivity contribution is -0.282. The largest absolute Gasteiger partial charge is 0.394 e. The number of hydrogen-bond donors (Lipinski definition) is 5. The number of aliphatic hydroxyl groups excluding tert-OH is 3. The molecule has 1 aliphatic heterocycles. The third-order valence-corrected chi connectivity index (χ3v) is 5.69. The molecule has 3 rings (SSSR count). The highest BCUT2D eigenvalue weighted by atomic mass is 35.5. The summed E-state index contributed by atoms with van der Waals surface area (Å²) in [5.74, 6) is 0.347. The van der Waals surface area contributed by atoms with Crippen molar-refractivity contribution in [1.82, 2.24) is 30.0 Å². The maximum atomic E-state index is 10.8. The molecule has 0 amide bonds. The molecule has 1 fully saturated rings. The molecule has 1 saturated heterocycles. The maximum absolute atomic E-state index is 10.8. The van der Waals surface area contributed by atoms with E-state index < -0.39 is 37.3 Å². The van der Waals surface area contributed by atoms with Crippen molar-refractivity contribution in [1.29, 1.82) is 0 Å². The first-order chi connectivity index (χ1) is 18.9. The Bertz CT molecular complexity index is 992. The Morgan fingerprint density at radius 1 is 0.974 bits per heavy atom. The van der Waals surface area contributed by atoms with Gasteiger partial charge >= 0.3 is 0 Å². The lowest BCUT2D eigenvalue weighted by Gasteiger charge is -2.41. The minimum atomic E-state index is -1.38. The quantitative estimate of drug-likeness (QED) is 0.0518. The average Bonchev–Trinajstić information content (AvgIpc) is 3.58. The molecule has 0 radical (unpaired) electrons. The first kappa shape index (κ1) is 31.1. The van der Waals surface area contributed by atoms with E-state index in [1.165, 1.54) is 10.9 Å². The zero-order valence-electron chi connectivity index (χ0n) is 21.4. The predicted molar refractivity (Wildman–Crippen MR) is 134 cm³/mol. The Morgan fingerprint density at radius 3 is 2.41 bits per heavy atom. The van der Waals surface area contributed by atoms with E-state index >= 15 is 0 Å². The number of nitrogens with two attached hydrogens (primary N) is 2. The molecule has 3 heterocycles. The van der Waals surface area contributed by atoms with Gasteiger partial charge in [-0.25, -0.2) is 14.4 Å². The number of aliphatic imine (C=N–C) groups is 1. The van der Waals surface area contributed by atoms with Crippen molar-refractivity contribution in [2.24, 2.45) is 16.5 Å². The van der Waals surface area contributed by atoms with E-state index in [1.54, 1.807) is 10.9 Å². The molecule has 0 spiro atoms. The number of guanidine groups is 1. The van der Waals surface area contributed by atoms with Gasteiger partial charge in [-0.05, 0) is 0 Å². The molecule has 1 aliphatic rings. The minimum absolute atomic E-state index is 0.0781. The van der Waals surface area contributed by atoms with Crippen LogP contribution in [-0.2, 0) is 43.4 Å². The van der Waals surface area contributed by atoms with Gasteiger partial charge in [0.15, 0.2) is 12.2 Å². The van der Waals surface area contributed by atoms with Gasteiger partial charge in [0.05, 0.1) is 78.3 Å². The highest BCUT2D eigenvalue weighted by Gasteiger charge is 2.46. The minimum Gasteiger partial charge on any atom is -0.394 e. The Labute approximate surface area is 229 Å². The second-order valence-electron chi connectivity index (χ2n) is 8.44. The zero-order chi connectivity index (χ0) is 28.0. The van der Waals surface area contributed by atoms with E-state index in [9.17, 15) is 15.3 Å². The zero-order valence-corrected chi connectivity index (χ0v) is 22.1. The molecular weight excluding hydrogens is 542 g/mol. The monoisotopic (exact) mass is 577 g/mol. The Hall–Kier alpha value is -2.48. The molecule has 7 N–H and O–H groups in total. The molecule has 2 unspecified atom stereocenters. The number of rotatable bonds is 18. The van der Waals surface area contributed by atoms with Crippen LogP contribution in [0.25, 0.3) is 0 Å². The molecule has 39 heavy (non-hydrogen) atoms. The Balaban J connectivity index is 1.47. The van der Waals surface area contributed by atoms with Crippen molar-refractivity contribution in [3.8, 4) is 0 Å². The summed E-state index contributed by atoms with van der Waals surface area (Å²) in [5.41, 5.74) is 11.8. The molecule has 2 aromatic rings. The van der Waals surface area contributed by atoms with Gasteiger partial charge in [0.2, 0.25) is 0 Å². The smallest absolute Gasteiger partial charge is 0.186 e. The highest BCUT2D eigenvalue weighted by Crippen LogP contribution is 2.30. The fourth-order valence-corrected chi connectivity index (χ4v) is 3.75. The van der Waals surface area contributed by atoms with E-state index in [4.69, 9.17) is 46.8 Å². The van der Waals surface area contributed by atoms with E-state index in [1.807, 2.05) is 0 Å². The summed E-state index contributed by atoms with van der Waals surface area (Å²) < 4.78 is 30.6. The Morgan fingerprint density at radius 2 is 1.69 bits per heavy atom. The lowest BCUT2D eigenvalue weighted by atomic mass is 9.97. The molecule has 2 aromatic heterocycles. The summed E-state index contributed by atoms with van der Waals surface area (Å²) in [6.07, 6.45) is -1.64. The van der Waals surface area contributed by atoms with E-state index in [0.717, 1.165) is 0 Å². The summed E-state index contributed by atoms with van der Waals surface area (Å²) >= 11 is 5.52. The molecule has 18 heteroatoms. The van der Waals surface area contributed by atoms with Crippen molar-refractivity contribution < 1.29 is 39.0 Å². The summed E-state index contributed by atoms with van der Waals surface area (Å²) in [7, 11) is 0. The molecule has 0 saturated carbocycles. The van der Waals surface area contributed by atoms with Crippen LogP contribution in [0.4, 0.5) is 0 Å². The van der Waals surface area contributed by atoms with Gasteiger partial charge in [-0.15, -0.1) is 21.8 Å². The van der Waals surface area contributed by atoms with Crippen molar-refractivity contribution in [2.45, 2.75) is 50.3 Å². The number of aromatic nitrogens is 6. The van der Waals surface area contributed by atoms with Gasteiger partial charge in [-0.3, -0.25) is 0 Å². The summed E-state index contributed by atoms with van der Waals surface area (Å²) in [4.78, 5) is 3.87. The second kappa shape index (κ2) is 16.6. The van der Waals surface area contributed by atoms with Crippen LogP contribution in [0, 0.1) is 0 Å². The second-order valence-corrected chi connectivity index (χ2v) is 8.82. The number of nitrogens with zero attached hydrogens (tertiary/aromatic N) is 7. The molecule has 0 aromatic carbocycles. The molecule has 0 bridgehead atoms. The van der Waals surface area contributed by atoms with Crippen LogP contribution in [0.1, 0.15) is 17.4 Å². The van der Waals surface area contributed by atoms with Gasteiger partial charge in [-0.2, -0.15) is 0 Å². The van der Waals surface area contributed by atoms with Crippen LogP contribution < -0.4 is 11.5 Å². The third kappa shape index (κ3) is 9.89. The molecule has 0 aliphatic carbocycles. The van der Waals surface area contributed by atoms with Crippen LogP contribution >= 0.6 is 11.6 Å². The summed E-state index contributed by atoms with van der Waals surface area (Å²) in [6, 6.07) is -0.961. The van der Waals surface area contributed by atoms with E-state index in [0.29, 0.717) is 56.8 Å². The van der Waals surface area contributed by atoms with Crippen molar-refractivity contribution in [3.05, 3.63) is 23.8 Å². The first-order valence-corrected chi connectivity index (χ1v) is 12.8. The normalized spacial score (nSPS) is 23.2. The topological polar surface area (TPSA) is 233 Å². The van der Waals surface area contributed by atoms with Gasteiger partial charge in [-0.1, -0.05) is 10.4 Å². The molecule has 220 valence electrons. The Kier molecular flexibility index (Phi) is 13.2. The standard InChI is InChI=1S/C21H36ClN9O8/c22-1-3-35-5-6-36-7-8-37-13-15-10-30(28-27-15)2-4-38-20-17(19(34)18(33)16(12-32)39-20)31-11-14(26-29-31)9-25-21(23)24/h10-11,16-20,32-34H,1-9,12-13H2,(H4,23,24,25)/t16?,17-,18-,19-,20?/m1/s1. The van der Waals surface area contributed by atoms with Crippen LogP contribution in [0.15, 0.2) is 17.4 Å². The van der Waals surface area contributed by atoms with Gasteiger partial charge in [0.1, 0.15) is 35.7 Å². The number of hydrogen-bond acceptors (Lipinski definition) is 13. The molecular formula is C21H36ClN9O8. The van der Waals surface area contributed by atoms with Gasteiger partial charge in [0, 0.05) is 5.88 Å². The third-order valence-electron chi connectivity index (χ3n) is 5.54. The summed E-state index contributed by atoms with van der Waals surface area (Å²) in [6.45, 7) is 2.50. The highest BCUT2D eigenvalue weighted by molar-refractivity contribution is 6.17. The van der Waals surface area contributed by atoms with Crippen LogP contribution in [-0.4, -0.2) is 128 Å². The molecule has 5 atom stereocenters. The van der Waals surface area contributed by atoms with Crippen molar-refractivity contribution >= 4 is 17.6 Å². The SMILES string of the molecule is NC(N)=NCc1cn([C@H]2C(OCCn3cc(COCCOCCOCCCl)nn3)OC(CO)[C@@H](O)[C@@H]2O)nn1. The first-order valence-electron chi connectivity index (χ1n) is 12.3. The van der Waals surface area contributed by atoms with Gasteiger partial charge in [0.25, 0.3) is 0 Å². The molecule has 17 nitrogen and oxygen atoms in total. The number of aliphatic hydroxyl groups is 3. The van der Waals surface area contributed by atoms with Crippen molar-refractivity contribution in [3.63, 3.8) is 0 Å². The maximum Gasteiger partial charge on any atom is 0.186 e. The van der Waals surface area contributed by atoms with Gasteiger partial charge < -0.3 is 50.5 Å². The average molecular weight is 578 g/mol. The van der Waals surface area contributed by atoms with Crippen LogP contribution in [0.5, 0.6) is 0 Å². The fourth-order valence-electron chi connectivity index (χ4n) is 3.64. The lowest BCUT2D eigenvalue weighted by Crippen LogP contribution is -2.57. The summed E-state index contributed by atoms with van der Waals surface area (Å²) in [5, 5.41) is 46.8. The fraction of sp³-hybridized carbons (Fsp3) is 0.762. The number of ether oxygens (including phenoxy) is 5. The van der Waals surface area contributed by atoms with Crippen LogP contribution in [0.3, 0.4) is 0 Å². The van der Waals surface area contributed by atoms with Crippen molar-refractivity contribution in [2.75, 3.05) is 52.1 Å². The van der Waals surface area contributed by atoms with E-state index in [2.05, 4.69) is 25.6 Å². The van der Waals surface area contributed by atoms with Crippen LogP contribution in [0.2, 0.25) is 0 Å². The van der Waals surface area contributed by atoms with E-state index in [-0.39, 0.29) is 25.7 Å². The number of alkyl halides is 1. The number of halogens is 1.